The molecule has 1 heterocycles. The van der Waals surface area contributed by atoms with E-state index in [-0.39, 0.29) is 0 Å². The lowest BCUT2D eigenvalue weighted by atomic mass is 10.6. The lowest BCUT2D eigenvalue weighted by Gasteiger charge is -2.11. The highest BCUT2D eigenvalue weighted by atomic mass is 35.9. The minimum atomic E-state index is -5.06. The molecule has 0 saturated heterocycles. The van der Waals surface area contributed by atoms with Gasteiger partial charge in [-0.15, -0.1) is 12.4 Å². The number of rotatable bonds is 0. The summed E-state index contributed by atoms with van der Waals surface area (Å²) in [6.45, 7) is 0. The van der Waals surface area contributed by atoms with Crippen molar-refractivity contribution in [2.75, 3.05) is 0 Å². The SMILES string of the molecule is O=S1(F)=NP(Cl)(Cl)=NC(C(F)(F)F)=N1. The average Bonchev–Trinajstić information content (AvgIpc) is 1.76. The van der Waals surface area contributed by atoms with Crippen LogP contribution in [0.5, 0.6) is 0 Å². The first-order valence-corrected chi connectivity index (χ1v) is 7.57. The zero-order valence-corrected chi connectivity index (χ0v) is 9.10. The van der Waals surface area contributed by atoms with Crippen LogP contribution in [-0.4, -0.2) is 16.2 Å². The van der Waals surface area contributed by atoms with E-state index >= 15 is 0 Å². The van der Waals surface area contributed by atoms with Gasteiger partial charge in [-0.05, 0) is 22.5 Å². The Labute approximate surface area is 85.6 Å². The zero-order chi connectivity index (χ0) is 11.2. The maximum Gasteiger partial charge on any atom is 0.452 e. The topological polar surface area (TPSA) is 54.1 Å². The summed E-state index contributed by atoms with van der Waals surface area (Å²) in [5.41, 5.74) is 0. The standard InChI is InChI=1S/C2Cl2F4N3OPS/c3-13(4)9-1(2(5,6)7)10-14(8,12)11-13. The highest BCUT2D eigenvalue weighted by Gasteiger charge is 2.41. The van der Waals surface area contributed by atoms with E-state index in [1.807, 2.05) is 0 Å². The van der Waals surface area contributed by atoms with Crippen molar-refractivity contribution in [3.63, 3.8) is 0 Å². The Morgan fingerprint density at radius 3 is 2.21 bits per heavy atom. The van der Waals surface area contributed by atoms with Gasteiger partial charge in [0.15, 0.2) is 0 Å². The Kier molecular flexibility index (Phi) is 2.91. The molecule has 1 aliphatic heterocycles. The lowest BCUT2D eigenvalue weighted by Crippen LogP contribution is -2.22. The van der Waals surface area contributed by atoms with Gasteiger partial charge in [-0.2, -0.15) is 22.1 Å². The number of hydrogen-bond acceptors (Lipinski definition) is 3. The highest BCUT2D eigenvalue weighted by molar-refractivity contribution is 8.13. The molecule has 0 fully saturated rings. The molecular formula is C2Cl2F4N3OPS. The van der Waals surface area contributed by atoms with Crippen molar-refractivity contribution in [2.24, 2.45) is 13.3 Å². The Hall–Kier alpha value is 0.150. The second-order valence-electron chi connectivity index (χ2n) is 1.98. The number of nitrogens with zero attached hydrogens (tertiary/aromatic N) is 3. The Bertz CT molecular complexity index is 456. The smallest absolute Gasteiger partial charge is 0.191 e. The van der Waals surface area contributed by atoms with Crippen LogP contribution in [0.15, 0.2) is 13.3 Å². The molecule has 0 radical (unpaired) electrons. The van der Waals surface area contributed by atoms with Crippen LogP contribution in [0.25, 0.3) is 0 Å². The maximum absolute atomic E-state index is 12.6. The van der Waals surface area contributed by atoms with E-state index in [1.165, 1.54) is 0 Å². The fraction of sp³-hybridized carbons (Fsp3) is 0.500. The normalized spacial score (nSPS) is 31.4. The second-order valence-corrected chi connectivity index (χ2v) is 8.14. The number of hydrogen-bond donors (Lipinski definition) is 0. The molecule has 1 rings (SSSR count). The van der Waals surface area contributed by atoms with Gasteiger partial charge in [0.25, 0.3) is 5.91 Å². The highest BCUT2D eigenvalue weighted by Crippen LogP contribution is 2.64. The Morgan fingerprint density at radius 1 is 1.36 bits per heavy atom. The molecule has 0 spiro atoms. The van der Waals surface area contributed by atoms with Crippen LogP contribution in [0.4, 0.5) is 17.1 Å². The molecule has 0 N–H and O–H groups in total. The second kappa shape index (κ2) is 3.33. The van der Waals surface area contributed by atoms with Gasteiger partial charge in [0.2, 0.25) is 5.84 Å². The molecule has 0 aromatic rings. The van der Waals surface area contributed by atoms with Gasteiger partial charge in [-0.25, -0.2) is 0 Å². The summed E-state index contributed by atoms with van der Waals surface area (Å²) < 4.78 is 66.5. The molecule has 82 valence electrons. The van der Waals surface area contributed by atoms with Crippen LogP contribution < -0.4 is 0 Å². The molecule has 12 heteroatoms. The number of halogens is 6. The van der Waals surface area contributed by atoms with E-state index in [1.54, 1.807) is 0 Å². The van der Waals surface area contributed by atoms with E-state index < -0.39 is 28.2 Å². The molecule has 0 bridgehead atoms. The molecule has 0 aromatic carbocycles. The van der Waals surface area contributed by atoms with E-state index in [4.69, 9.17) is 22.5 Å². The summed E-state index contributed by atoms with van der Waals surface area (Å²) in [6, 6.07) is 0. The van der Waals surface area contributed by atoms with Gasteiger partial charge < -0.3 is 0 Å². The number of alkyl halides is 3. The minimum Gasteiger partial charge on any atom is -0.191 e. The zero-order valence-electron chi connectivity index (χ0n) is 5.87. The van der Waals surface area contributed by atoms with Gasteiger partial charge in [0.05, 0.1) is 0 Å². The van der Waals surface area contributed by atoms with Crippen LogP contribution in [0.2, 0.25) is 0 Å². The molecule has 0 saturated carbocycles. The van der Waals surface area contributed by atoms with E-state index in [9.17, 15) is 21.3 Å². The summed E-state index contributed by atoms with van der Waals surface area (Å²) in [5, 5.41) is 0. The predicted molar refractivity (Wildman–Crippen MR) is 46.2 cm³/mol. The fourth-order valence-electron chi connectivity index (χ4n) is 0.505. The van der Waals surface area contributed by atoms with Crippen LogP contribution in [-0.2, 0) is 10.3 Å². The van der Waals surface area contributed by atoms with Gasteiger partial charge in [-0.1, -0.05) is 0 Å². The van der Waals surface area contributed by atoms with Crippen molar-refractivity contribution in [3.05, 3.63) is 0 Å². The van der Waals surface area contributed by atoms with Gasteiger partial charge in [0, 0.05) is 0 Å². The fourth-order valence-corrected chi connectivity index (χ4v) is 4.37. The third-order valence-corrected chi connectivity index (χ3v) is 4.85. The Balaban J connectivity index is 3.43. The van der Waals surface area contributed by atoms with Crippen molar-refractivity contribution >= 4 is 44.5 Å². The first-order chi connectivity index (χ1) is 6.02. The van der Waals surface area contributed by atoms with Crippen LogP contribution in [0, 0.1) is 0 Å². The van der Waals surface area contributed by atoms with Crippen LogP contribution >= 0.6 is 28.4 Å². The monoisotopic (exact) mass is 291 g/mol. The van der Waals surface area contributed by atoms with Crippen molar-refractivity contribution in [1.29, 1.82) is 0 Å². The third kappa shape index (κ3) is 3.08. The summed E-state index contributed by atoms with van der Waals surface area (Å²) in [7, 11) is -4.89. The van der Waals surface area contributed by atoms with Crippen molar-refractivity contribution in [3.8, 4) is 0 Å². The van der Waals surface area contributed by atoms with Gasteiger partial charge >= 0.3 is 16.5 Å². The molecule has 0 amide bonds. The average molecular weight is 292 g/mol. The summed E-state index contributed by atoms with van der Waals surface area (Å²) >= 11 is 10.2. The molecule has 0 aliphatic carbocycles. The quantitative estimate of drug-likeness (QED) is 0.382. The molecule has 1 aliphatic rings. The first-order valence-electron chi connectivity index (χ1n) is 2.69. The first kappa shape index (κ1) is 12.2. The lowest BCUT2D eigenvalue weighted by molar-refractivity contribution is -0.0594. The minimum absolute atomic E-state index is 1.95. The molecule has 1 atom stereocenters. The van der Waals surface area contributed by atoms with Crippen molar-refractivity contribution < 1.29 is 21.3 Å². The summed E-state index contributed by atoms with van der Waals surface area (Å²) in [4.78, 5) is 0. The molecule has 0 aromatic heterocycles. The van der Waals surface area contributed by atoms with Crippen molar-refractivity contribution in [1.82, 2.24) is 0 Å². The number of amidine groups is 1. The molecular weight excluding hydrogens is 292 g/mol. The third-order valence-electron chi connectivity index (χ3n) is 0.867. The molecule has 1 unspecified atom stereocenters. The maximum atomic E-state index is 12.6. The predicted octanol–water partition coefficient (Wildman–Crippen LogP) is 3.65. The van der Waals surface area contributed by atoms with Gasteiger partial charge in [0.1, 0.15) is 0 Å². The van der Waals surface area contributed by atoms with Crippen LogP contribution in [0.1, 0.15) is 0 Å². The summed E-state index contributed by atoms with van der Waals surface area (Å²) in [5.74, 6) is -5.86. The molecule has 4 nitrogen and oxygen atoms in total. The van der Waals surface area contributed by atoms with Gasteiger partial charge in [-0.3, -0.25) is 0 Å². The molecule has 14 heavy (non-hydrogen) atoms. The Morgan fingerprint density at radius 2 is 1.86 bits per heavy atom. The largest absolute Gasteiger partial charge is 0.452 e. The van der Waals surface area contributed by atoms with Crippen molar-refractivity contribution in [2.45, 2.75) is 6.18 Å². The van der Waals surface area contributed by atoms with Crippen LogP contribution in [0.3, 0.4) is 0 Å². The van der Waals surface area contributed by atoms with E-state index in [2.05, 4.69) is 13.3 Å². The van der Waals surface area contributed by atoms with E-state index in [0.717, 1.165) is 0 Å². The van der Waals surface area contributed by atoms with E-state index in [0.29, 0.717) is 0 Å². The summed E-state index contributed by atoms with van der Waals surface area (Å²) in [6.07, 6.45) is -5.06.